The van der Waals surface area contributed by atoms with E-state index in [2.05, 4.69) is 19.9 Å². The molecule has 2 aliphatic heterocycles. The molecule has 2 saturated heterocycles. The van der Waals surface area contributed by atoms with E-state index < -0.39 is 0 Å². The number of imide groups is 1. The monoisotopic (exact) mass is 355 g/mol. The second kappa shape index (κ2) is 5.65. The first-order chi connectivity index (χ1) is 12.6. The van der Waals surface area contributed by atoms with Crippen LogP contribution in [0.3, 0.4) is 0 Å². The summed E-state index contributed by atoms with van der Waals surface area (Å²) in [6, 6.07) is 0.182. The zero-order valence-corrected chi connectivity index (χ0v) is 14.7. The summed E-state index contributed by atoms with van der Waals surface area (Å²) in [7, 11) is 1.94. The summed E-state index contributed by atoms with van der Waals surface area (Å²) in [5.41, 5.74) is 1.62. The minimum absolute atomic E-state index is 0.0349. The van der Waals surface area contributed by atoms with Crippen molar-refractivity contribution in [1.82, 2.24) is 29.3 Å². The molecule has 9 nitrogen and oxygen atoms in total. The first-order valence-electron chi connectivity index (χ1n) is 9.13. The number of nitrogens with zero attached hydrogens (tertiary/aromatic N) is 7. The molecule has 1 saturated carbocycles. The Kier molecular flexibility index (Phi) is 3.38. The number of anilines is 1. The second-order valence-electron chi connectivity index (χ2n) is 7.35. The van der Waals surface area contributed by atoms with E-state index in [0.717, 1.165) is 50.1 Å². The van der Waals surface area contributed by atoms with Gasteiger partial charge in [-0.2, -0.15) is 0 Å². The van der Waals surface area contributed by atoms with Crippen LogP contribution < -0.4 is 4.90 Å². The Balaban J connectivity index is 1.31. The second-order valence-corrected chi connectivity index (χ2v) is 7.35. The van der Waals surface area contributed by atoms with Crippen molar-refractivity contribution >= 4 is 28.9 Å². The third kappa shape index (κ3) is 2.33. The van der Waals surface area contributed by atoms with Gasteiger partial charge < -0.3 is 14.4 Å². The molecule has 2 aromatic rings. The Hall–Kier alpha value is -2.71. The molecule has 3 fully saturated rings. The molecule has 136 valence electrons. The maximum absolute atomic E-state index is 12.6. The topological polar surface area (TPSA) is 87.5 Å². The summed E-state index contributed by atoms with van der Waals surface area (Å²) in [6.45, 7) is 1.83. The lowest BCUT2D eigenvalue weighted by Gasteiger charge is -2.36. The van der Waals surface area contributed by atoms with Gasteiger partial charge in [0.2, 0.25) is 0 Å². The summed E-state index contributed by atoms with van der Waals surface area (Å²) in [4.78, 5) is 43.3. The number of rotatable bonds is 3. The lowest BCUT2D eigenvalue weighted by molar-refractivity contribution is -0.125. The van der Waals surface area contributed by atoms with E-state index in [0.29, 0.717) is 5.65 Å². The molecule has 0 aromatic carbocycles. The van der Waals surface area contributed by atoms with Gasteiger partial charge in [0.15, 0.2) is 11.5 Å². The quantitative estimate of drug-likeness (QED) is 0.756. The lowest BCUT2D eigenvalue weighted by Crippen LogP contribution is -2.47. The van der Waals surface area contributed by atoms with Crippen LogP contribution in [-0.2, 0) is 11.8 Å². The number of amides is 3. The number of carbonyl (C=O) groups excluding carboxylic acids is 2. The molecule has 1 aliphatic carbocycles. The van der Waals surface area contributed by atoms with Gasteiger partial charge in [0.05, 0.1) is 6.33 Å². The first kappa shape index (κ1) is 15.5. The number of fused-ring (bicyclic) bond motifs is 1. The summed E-state index contributed by atoms with van der Waals surface area (Å²) in [6.07, 6.45) is 6.88. The summed E-state index contributed by atoms with van der Waals surface area (Å²) < 4.78 is 1.94. The van der Waals surface area contributed by atoms with E-state index in [4.69, 9.17) is 0 Å². The van der Waals surface area contributed by atoms with E-state index in [-0.39, 0.29) is 30.6 Å². The predicted octanol–water partition coefficient (Wildman–Crippen LogP) is 0.759. The van der Waals surface area contributed by atoms with Crippen molar-refractivity contribution in [3.63, 3.8) is 0 Å². The molecule has 0 N–H and O–H groups in total. The molecule has 0 spiro atoms. The Morgan fingerprint density at radius 1 is 1.00 bits per heavy atom. The Labute approximate surface area is 150 Å². The summed E-state index contributed by atoms with van der Waals surface area (Å²) >= 11 is 0. The number of hydrogen-bond donors (Lipinski definition) is 0. The SMILES string of the molecule is Cn1cnc2ncnc(N3CCC(N4CC(=O)N(C5CC5)C4=O)CC3)c21. The molecule has 3 aliphatic rings. The van der Waals surface area contributed by atoms with Crippen molar-refractivity contribution in [2.24, 2.45) is 7.05 Å². The fourth-order valence-corrected chi connectivity index (χ4v) is 4.10. The number of urea groups is 1. The predicted molar refractivity (Wildman–Crippen MR) is 93.5 cm³/mol. The smallest absolute Gasteiger partial charge is 0.327 e. The molecule has 0 unspecified atom stereocenters. The fourth-order valence-electron chi connectivity index (χ4n) is 4.10. The van der Waals surface area contributed by atoms with E-state index in [9.17, 15) is 9.59 Å². The van der Waals surface area contributed by atoms with Crippen molar-refractivity contribution in [3.8, 4) is 0 Å². The van der Waals surface area contributed by atoms with Gasteiger partial charge in [-0.25, -0.2) is 19.7 Å². The number of piperidine rings is 1. The van der Waals surface area contributed by atoms with E-state index >= 15 is 0 Å². The largest absolute Gasteiger partial charge is 0.355 e. The maximum Gasteiger partial charge on any atom is 0.327 e. The molecule has 9 heteroatoms. The van der Waals surface area contributed by atoms with Gasteiger partial charge in [-0.05, 0) is 25.7 Å². The van der Waals surface area contributed by atoms with E-state index in [1.54, 1.807) is 17.6 Å². The van der Waals surface area contributed by atoms with Gasteiger partial charge in [-0.15, -0.1) is 0 Å². The molecule has 0 bridgehead atoms. The molecular formula is C17H21N7O2. The average Bonchev–Trinajstić information content (AvgIpc) is 3.35. The van der Waals surface area contributed by atoms with Crippen LogP contribution in [0.15, 0.2) is 12.7 Å². The molecular weight excluding hydrogens is 334 g/mol. The zero-order chi connectivity index (χ0) is 17.8. The molecule has 0 atom stereocenters. The third-order valence-electron chi connectivity index (χ3n) is 5.63. The van der Waals surface area contributed by atoms with Crippen LogP contribution in [0.1, 0.15) is 25.7 Å². The average molecular weight is 355 g/mol. The van der Waals surface area contributed by atoms with E-state index in [1.807, 2.05) is 11.6 Å². The Morgan fingerprint density at radius 2 is 1.77 bits per heavy atom. The van der Waals surface area contributed by atoms with Gasteiger partial charge in [0, 0.05) is 32.2 Å². The molecule has 5 rings (SSSR count). The van der Waals surface area contributed by atoms with Crippen LogP contribution in [0.25, 0.3) is 11.2 Å². The number of carbonyl (C=O) groups is 2. The van der Waals surface area contributed by atoms with Crippen molar-refractivity contribution in [2.45, 2.75) is 37.8 Å². The summed E-state index contributed by atoms with van der Waals surface area (Å²) in [5, 5.41) is 0. The van der Waals surface area contributed by atoms with E-state index in [1.165, 1.54) is 4.90 Å². The normalized spacial score (nSPS) is 22.1. The van der Waals surface area contributed by atoms with Crippen molar-refractivity contribution in [3.05, 3.63) is 12.7 Å². The number of imidazole rings is 1. The number of aryl methyl sites for hydroxylation is 1. The van der Waals surface area contributed by atoms with Crippen molar-refractivity contribution in [2.75, 3.05) is 24.5 Å². The maximum atomic E-state index is 12.6. The standard InChI is InChI=1S/C17H21N7O2/c1-21-10-20-15-14(21)16(19-9-18-15)22-6-4-11(5-7-22)23-8-13(25)24(17(23)26)12-2-3-12/h9-12H,2-8H2,1H3. The minimum Gasteiger partial charge on any atom is -0.355 e. The third-order valence-corrected chi connectivity index (χ3v) is 5.63. The van der Waals surface area contributed by atoms with Gasteiger partial charge >= 0.3 is 6.03 Å². The van der Waals surface area contributed by atoms with Crippen molar-refractivity contribution in [1.29, 1.82) is 0 Å². The molecule has 2 aromatic heterocycles. The Bertz CT molecular complexity index is 882. The van der Waals surface area contributed by atoms with Crippen LogP contribution in [0.4, 0.5) is 10.6 Å². The Morgan fingerprint density at radius 3 is 2.50 bits per heavy atom. The van der Waals surface area contributed by atoms with Crippen LogP contribution in [0.2, 0.25) is 0 Å². The number of aromatic nitrogens is 4. The van der Waals surface area contributed by atoms with Gasteiger partial charge in [-0.3, -0.25) is 9.69 Å². The highest BCUT2D eigenvalue weighted by Gasteiger charge is 2.47. The van der Waals surface area contributed by atoms with Crippen LogP contribution >= 0.6 is 0 Å². The molecule has 0 radical (unpaired) electrons. The highest BCUT2D eigenvalue weighted by Crippen LogP contribution is 2.33. The van der Waals surface area contributed by atoms with Crippen LogP contribution in [0, 0.1) is 0 Å². The summed E-state index contributed by atoms with van der Waals surface area (Å²) in [5.74, 6) is 0.851. The van der Waals surface area contributed by atoms with Gasteiger partial charge in [0.25, 0.3) is 5.91 Å². The lowest BCUT2D eigenvalue weighted by atomic mass is 10.0. The van der Waals surface area contributed by atoms with Crippen molar-refractivity contribution < 1.29 is 9.59 Å². The highest BCUT2D eigenvalue weighted by molar-refractivity contribution is 6.02. The fraction of sp³-hybridized carbons (Fsp3) is 0.588. The van der Waals surface area contributed by atoms with Crippen LogP contribution in [0.5, 0.6) is 0 Å². The first-order valence-corrected chi connectivity index (χ1v) is 9.13. The molecule has 4 heterocycles. The van der Waals surface area contributed by atoms with Gasteiger partial charge in [0.1, 0.15) is 18.4 Å². The van der Waals surface area contributed by atoms with Crippen LogP contribution in [-0.4, -0.2) is 73.0 Å². The molecule has 3 amide bonds. The number of hydrogen-bond acceptors (Lipinski definition) is 6. The van der Waals surface area contributed by atoms with Gasteiger partial charge in [-0.1, -0.05) is 0 Å². The minimum atomic E-state index is -0.0907. The zero-order valence-electron chi connectivity index (χ0n) is 14.7. The highest BCUT2D eigenvalue weighted by atomic mass is 16.2. The molecule has 26 heavy (non-hydrogen) atoms.